The number of benzene rings is 2. The first-order chi connectivity index (χ1) is 19.4. The molecule has 1 aliphatic carbocycles. The molecule has 1 saturated carbocycles. The molecular weight excluding hydrogens is 508 g/mol. The fourth-order valence-corrected chi connectivity index (χ4v) is 5.42. The van der Waals surface area contributed by atoms with E-state index in [2.05, 4.69) is 12.2 Å². The lowest BCUT2D eigenvalue weighted by atomic mass is 9.82. The van der Waals surface area contributed by atoms with E-state index < -0.39 is 0 Å². The highest BCUT2D eigenvalue weighted by molar-refractivity contribution is 5.94. The minimum Gasteiger partial charge on any atom is -0.491 e. The zero-order chi connectivity index (χ0) is 28.5. The topological polar surface area (TPSA) is 90.2 Å². The van der Waals surface area contributed by atoms with Gasteiger partial charge < -0.3 is 28.8 Å². The van der Waals surface area contributed by atoms with Crippen molar-refractivity contribution in [3.05, 3.63) is 59.4 Å². The number of nitrogens with zero attached hydrogens (tertiary/aromatic N) is 1. The van der Waals surface area contributed by atoms with E-state index in [-0.39, 0.29) is 24.3 Å². The van der Waals surface area contributed by atoms with Crippen molar-refractivity contribution in [3.63, 3.8) is 0 Å². The van der Waals surface area contributed by atoms with E-state index in [0.717, 1.165) is 46.6 Å². The summed E-state index contributed by atoms with van der Waals surface area (Å²) in [6.45, 7) is 5.57. The van der Waals surface area contributed by atoms with Crippen LogP contribution in [0.5, 0.6) is 5.75 Å². The zero-order valence-corrected chi connectivity index (χ0v) is 24.2. The van der Waals surface area contributed by atoms with Gasteiger partial charge in [-0.15, -0.1) is 0 Å². The lowest BCUT2D eigenvalue weighted by Gasteiger charge is -2.31. The van der Waals surface area contributed by atoms with Gasteiger partial charge in [0.15, 0.2) is 0 Å². The maximum absolute atomic E-state index is 12.9. The van der Waals surface area contributed by atoms with E-state index in [4.69, 9.17) is 18.6 Å². The summed E-state index contributed by atoms with van der Waals surface area (Å²) in [5, 5.41) is 4.80. The van der Waals surface area contributed by atoms with Crippen molar-refractivity contribution in [2.45, 2.75) is 58.4 Å². The molecule has 216 valence electrons. The van der Waals surface area contributed by atoms with Crippen molar-refractivity contribution in [2.75, 3.05) is 45.8 Å². The Labute approximate surface area is 237 Å². The molecule has 1 aromatic heterocycles. The molecule has 8 nitrogen and oxygen atoms in total. The number of hydrogen-bond donors (Lipinski definition) is 1. The zero-order valence-electron chi connectivity index (χ0n) is 24.2. The van der Waals surface area contributed by atoms with E-state index >= 15 is 0 Å². The SMILES string of the molecule is CCOC(=O)CCN(C)C(=O)c1ccc(NC(c2oc3ccc(OCCOC)cc3c2C)C2CCCCC2)cc1. The normalized spacial score (nSPS) is 14.6. The maximum Gasteiger partial charge on any atom is 0.307 e. The largest absolute Gasteiger partial charge is 0.491 e. The number of amides is 1. The number of fused-ring (bicyclic) bond motifs is 1. The molecular formula is C32H42N2O6. The van der Waals surface area contributed by atoms with Crippen LogP contribution in [0, 0.1) is 12.8 Å². The Kier molecular flexibility index (Phi) is 10.5. The average Bonchev–Trinajstić information content (AvgIpc) is 3.30. The van der Waals surface area contributed by atoms with Crippen LogP contribution in [0.4, 0.5) is 5.69 Å². The molecule has 1 fully saturated rings. The first-order valence-corrected chi connectivity index (χ1v) is 14.3. The second kappa shape index (κ2) is 14.2. The highest BCUT2D eigenvalue weighted by Gasteiger charge is 2.30. The molecule has 3 aromatic rings. The molecule has 0 saturated heterocycles. The molecule has 4 rings (SSSR count). The summed E-state index contributed by atoms with van der Waals surface area (Å²) < 4.78 is 22.4. The standard InChI is InChI=1S/C32H42N2O6/c1-5-38-29(35)17-18-34(3)32(36)24-11-13-25(14-12-24)33-30(23-9-7-6-8-10-23)31-22(2)27-21-26(39-20-19-37-4)15-16-28(27)40-31/h11-16,21,23,30,33H,5-10,17-20H2,1-4H3. The molecule has 1 heterocycles. The van der Waals surface area contributed by atoms with Crippen LogP contribution in [0.15, 0.2) is 46.9 Å². The molecule has 1 unspecified atom stereocenters. The van der Waals surface area contributed by atoms with Gasteiger partial charge in [0.2, 0.25) is 0 Å². The quantitative estimate of drug-likeness (QED) is 0.191. The van der Waals surface area contributed by atoms with Gasteiger partial charge in [0.05, 0.1) is 25.7 Å². The van der Waals surface area contributed by atoms with Crippen molar-refractivity contribution in [2.24, 2.45) is 5.92 Å². The number of furan rings is 1. The number of ether oxygens (including phenoxy) is 3. The lowest BCUT2D eigenvalue weighted by Crippen LogP contribution is -2.29. The highest BCUT2D eigenvalue weighted by Crippen LogP contribution is 2.41. The predicted molar refractivity (Wildman–Crippen MR) is 156 cm³/mol. The second-order valence-corrected chi connectivity index (χ2v) is 10.5. The summed E-state index contributed by atoms with van der Waals surface area (Å²) in [6.07, 6.45) is 6.15. The third-order valence-electron chi connectivity index (χ3n) is 7.66. The van der Waals surface area contributed by atoms with Crippen LogP contribution in [0.2, 0.25) is 0 Å². The van der Waals surface area contributed by atoms with Gasteiger partial charge in [-0.2, -0.15) is 0 Å². The van der Waals surface area contributed by atoms with Gasteiger partial charge in [-0.25, -0.2) is 0 Å². The Morgan fingerprint density at radius 1 is 1.07 bits per heavy atom. The van der Waals surface area contributed by atoms with Crippen molar-refractivity contribution < 1.29 is 28.2 Å². The van der Waals surface area contributed by atoms with Gasteiger partial charge in [-0.1, -0.05) is 19.3 Å². The first kappa shape index (κ1) is 29.5. The second-order valence-electron chi connectivity index (χ2n) is 10.5. The van der Waals surface area contributed by atoms with Gasteiger partial charge in [-0.05, 0) is 75.1 Å². The number of esters is 1. The van der Waals surface area contributed by atoms with Crippen molar-refractivity contribution in [1.82, 2.24) is 4.90 Å². The minimum absolute atomic E-state index is 0.0133. The fourth-order valence-electron chi connectivity index (χ4n) is 5.42. The van der Waals surface area contributed by atoms with E-state index in [9.17, 15) is 9.59 Å². The fraction of sp³-hybridized carbons (Fsp3) is 0.500. The van der Waals surface area contributed by atoms with Crippen LogP contribution in [0.3, 0.4) is 0 Å². The number of carbonyl (C=O) groups is 2. The third kappa shape index (κ3) is 7.36. The smallest absolute Gasteiger partial charge is 0.307 e. The summed E-state index contributed by atoms with van der Waals surface area (Å²) in [5.41, 5.74) is 3.48. The van der Waals surface area contributed by atoms with E-state index in [1.807, 2.05) is 42.5 Å². The van der Waals surface area contributed by atoms with Crippen LogP contribution in [0.1, 0.15) is 73.2 Å². The van der Waals surface area contributed by atoms with Crippen molar-refractivity contribution >= 4 is 28.5 Å². The van der Waals surface area contributed by atoms with E-state index in [1.165, 1.54) is 19.3 Å². The summed E-state index contributed by atoms with van der Waals surface area (Å²) in [6, 6.07) is 13.5. The molecule has 0 radical (unpaired) electrons. The number of methoxy groups -OCH3 is 1. The summed E-state index contributed by atoms with van der Waals surface area (Å²) >= 11 is 0. The molecule has 8 heteroatoms. The number of rotatable bonds is 13. The average molecular weight is 551 g/mol. The summed E-state index contributed by atoms with van der Waals surface area (Å²) in [5.74, 6) is 1.77. The molecule has 0 spiro atoms. The van der Waals surface area contributed by atoms with Crippen LogP contribution in [-0.2, 0) is 14.3 Å². The number of carbonyl (C=O) groups excluding carboxylic acids is 2. The first-order valence-electron chi connectivity index (χ1n) is 14.3. The number of nitrogens with one attached hydrogen (secondary N) is 1. The van der Waals surface area contributed by atoms with Crippen molar-refractivity contribution in [3.8, 4) is 5.75 Å². The number of anilines is 1. The molecule has 1 aliphatic rings. The molecule has 1 N–H and O–H groups in total. The van der Waals surface area contributed by atoms with Crippen LogP contribution in [0.25, 0.3) is 11.0 Å². The van der Waals surface area contributed by atoms with Gasteiger partial charge in [0.1, 0.15) is 23.7 Å². The molecule has 1 amide bonds. The molecule has 2 aromatic carbocycles. The Hall–Kier alpha value is -3.52. The van der Waals surface area contributed by atoms with E-state index in [0.29, 0.717) is 37.8 Å². The molecule has 40 heavy (non-hydrogen) atoms. The third-order valence-corrected chi connectivity index (χ3v) is 7.66. The number of aryl methyl sites for hydroxylation is 1. The van der Waals surface area contributed by atoms with Gasteiger partial charge in [-0.3, -0.25) is 9.59 Å². The van der Waals surface area contributed by atoms with Crippen molar-refractivity contribution in [1.29, 1.82) is 0 Å². The summed E-state index contributed by atoms with van der Waals surface area (Å²) in [4.78, 5) is 26.1. The Morgan fingerprint density at radius 2 is 1.82 bits per heavy atom. The number of hydrogen-bond acceptors (Lipinski definition) is 7. The van der Waals surface area contributed by atoms with Gasteiger partial charge in [0, 0.05) is 42.9 Å². The van der Waals surface area contributed by atoms with Crippen LogP contribution < -0.4 is 10.1 Å². The molecule has 1 atom stereocenters. The van der Waals surface area contributed by atoms with Gasteiger partial charge in [0.25, 0.3) is 5.91 Å². The lowest BCUT2D eigenvalue weighted by molar-refractivity contribution is -0.143. The highest BCUT2D eigenvalue weighted by atomic mass is 16.5. The van der Waals surface area contributed by atoms with Crippen LogP contribution >= 0.6 is 0 Å². The monoisotopic (exact) mass is 550 g/mol. The minimum atomic E-state index is -0.300. The van der Waals surface area contributed by atoms with E-state index in [1.54, 1.807) is 26.0 Å². The molecule has 0 aliphatic heterocycles. The Morgan fingerprint density at radius 3 is 2.52 bits per heavy atom. The maximum atomic E-state index is 12.9. The summed E-state index contributed by atoms with van der Waals surface area (Å²) in [7, 11) is 3.36. The molecule has 0 bridgehead atoms. The Balaban J connectivity index is 1.52. The predicted octanol–water partition coefficient (Wildman–Crippen LogP) is 6.53. The Bertz CT molecular complexity index is 1260. The van der Waals surface area contributed by atoms with Gasteiger partial charge >= 0.3 is 5.97 Å². The van der Waals surface area contributed by atoms with Crippen LogP contribution in [-0.4, -0.2) is 57.3 Å².